The van der Waals surface area contributed by atoms with Crippen molar-refractivity contribution in [2.45, 2.75) is 0 Å². The Morgan fingerprint density at radius 2 is 2.07 bits per heavy atom. The molecule has 0 unspecified atom stereocenters. The van der Waals surface area contributed by atoms with Crippen molar-refractivity contribution < 1.29 is 14.4 Å². The highest BCUT2D eigenvalue weighted by Gasteiger charge is 2.15. The Bertz CT molecular complexity index is 601. The second kappa shape index (κ2) is 3.09. The van der Waals surface area contributed by atoms with Crippen molar-refractivity contribution in [3.05, 3.63) is 44.8 Å². The van der Waals surface area contributed by atoms with Crippen LogP contribution in [0.25, 0.3) is 11.0 Å². The van der Waals surface area contributed by atoms with Gasteiger partial charge in [0.25, 0.3) is 5.69 Å². The lowest BCUT2D eigenvalue weighted by atomic mass is 10.2. The molecule has 0 spiro atoms. The van der Waals surface area contributed by atoms with E-state index in [-0.39, 0.29) is 22.4 Å². The number of nitrogens with zero attached hydrogens (tertiary/aromatic N) is 1. The van der Waals surface area contributed by atoms with Crippen molar-refractivity contribution in [3.63, 3.8) is 0 Å². The van der Waals surface area contributed by atoms with Crippen molar-refractivity contribution in [1.82, 2.24) is 0 Å². The van der Waals surface area contributed by atoms with Crippen molar-refractivity contribution in [1.29, 1.82) is 0 Å². The van der Waals surface area contributed by atoms with Crippen molar-refractivity contribution >= 4 is 16.7 Å². The van der Waals surface area contributed by atoms with E-state index < -0.39 is 10.5 Å². The molecule has 0 aliphatic carbocycles. The third kappa shape index (κ3) is 1.52. The predicted molar refractivity (Wildman–Crippen MR) is 50.8 cm³/mol. The first kappa shape index (κ1) is 9.20. The van der Waals surface area contributed by atoms with E-state index in [1.165, 1.54) is 6.07 Å². The van der Waals surface area contributed by atoms with Gasteiger partial charge in [0.1, 0.15) is 11.3 Å². The van der Waals surface area contributed by atoms with Gasteiger partial charge in [-0.2, -0.15) is 0 Å². The molecule has 0 fully saturated rings. The van der Waals surface area contributed by atoms with E-state index in [9.17, 15) is 20.0 Å². The number of nitro benzene ring substituents is 1. The summed E-state index contributed by atoms with van der Waals surface area (Å²) in [6, 6.07) is 4.54. The average molecular weight is 207 g/mol. The fourth-order valence-electron chi connectivity index (χ4n) is 1.29. The molecule has 1 aromatic heterocycles. The normalized spacial score (nSPS) is 10.4. The number of hydrogen-bond acceptors (Lipinski definition) is 5. The standard InChI is InChI=1S/C9H5NO5/c11-5-3-7(10(13)14)6-1-2-9(12)15-8(6)4-5/h1-4,11H. The van der Waals surface area contributed by atoms with Crippen LogP contribution >= 0.6 is 0 Å². The van der Waals surface area contributed by atoms with E-state index in [2.05, 4.69) is 0 Å². The molecule has 0 amide bonds. The fourth-order valence-corrected chi connectivity index (χ4v) is 1.29. The smallest absolute Gasteiger partial charge is 0.336 e. The number of rotatable bonds is 1. The molecule has 2 aromatic rings. The molecule has 0 radical (unpaired) electrons. The Balaban J connectivity index is 2.92. The molecule has 6 nitrogen and oxygen atoms in total. The zero-order valence-corrected chi connectivity index (χ0v) is 7.34. The van der Waals surface area contributed by atoms with Crippen LogP contribution in [0.4, 0.5) is 5.69 Å². The summed E-state index contributed by atoms with van der Waals surface area (Å²) in [4.78, 5) is 20.8. The van der Waals surface area contributed by atoms with E-state index in [1.54, 1.807) is 0 Å². The van der Waals surface area contributed by atoms with Crippen LogP contribution in [0, 0.1) is 10.1 Å². The van der Waals surface area contributed by atoms with Gasteiger partial charge >= 0.3 is 5.63 Å². The predicted octanol–water partition coefficient (Wildman–Crippen LogP) is 1.41. The van der Waals surface area contributed by atoms with Gasteiger partial charge in [-0.05, 0) is 6.07 Å². The molecule has 0 saturated carbocycles. The molecule has 1 heterocycles. The molecule has 0 atom stereocenters. The first-order valence-electron chi connectivity index (χ1n) is 3.99. The highest BCUT2D eigenvalue weighted by molar-refractivity contribution is 5.87. The quantitative estimate of drug-likeness (QED) is 0.433. The van der Waals surface area contributed by atoms with Gasteiger partial charge in [0.2, 0.25) is 0 Å². The van der Waals surface area contributed by atoms with Crippen LogP contribution in [0.3, 0.4) is 0 Å². The molecule has 0 aliphatic rings. The molecule has 15 heavy (non-hydrogen) atoms. The van der Waals surface area contributed by atoms with Crippen molar-refractivity contribution in [3.8, 4) is 5.75 Å². The van der Waals surface area contributed by atoms with Crippen molar-refractivity contribution in [2.75, 3.05) is 0 Å². The third-order valence-electron chi connectivity index (χ3n) is 1.90. The highest BCUT2D eigenvalue weighted by Crippen LogP contribution is 2.29. The second-order valence-corrected chi connectivity index (χ2v) is 2.89. The summed E-state index contributed by atoms with van der Waals surface area (Å²) in [6.45, 7) is 0. The van der Waals surface area contributed by atoms with Crippen LogP contribution in [-0.2, 0) is 0 Å². The van der Waals surface area contributed by atoms with Crippen LogP contribution < -0.4 is 5.63 Å². The monoisotopic (exact) mass is 207 g/mol. The second-order valence-electron chi connectivity index (χ2n) is 2.89. The molecular weight excluding hydrogens is 202 g/mol. The van der Waals surface area contributed by atoms with Gasteiger partial charge in [0, 0.05) is 12.1 Å². The van der Waals surface area contributed by atoms with E-state index in [4.69, 9.17) is 4.42 Å². The third-order valence-corrected chi connectivity index (χ3v) is 1.90. The minimum absolute atomic E-state index is 0.00537. The summed E-state index contributed by atoms with van der Waals surface area (Å²) in [5, 5.41) is 20.0. The molecule has 0 aliphatic heterocycles. The molecule has 1 N–H and O–H groups in total. The van der Waals surface area contributed by atoms with E-state index in [0.29, 0.717) is 0 Å². The summed E-state index contributed by atoms with van der Waals surface area (Å²) >= 11 is 0. The SMILES string of the molecule is O=c1ccc2c([N+](=O)[O-])cc(O)cc2o1. The first-order valence-corrected chi connectivity index (χ1v) is 3.99. The number of non-ortho nitro benzene ring substituents is 1. The van der Waals surface area contributed by atoms with Gasteiger partial charge in [-0.25, -0.2) is 4.79 Å². The van der Waals surface area contributed by atoms with Crippen LogP contribution in [0.1, 0.15) is 0 Å². The van der Waals surface area contributed by atoms with Gasteiger partial charge in [-0.1, -0.05) is 0 Å². The molecule has 2 rings (SSSR count). The van der Waals surface area contributed by atoms with Crippen LogP contribution in [-0.4, -0.2) is 10.0 Å². The zero-order chi connectivity index (χ0) is 11.0. The molecule has 6 heteroatoms. The van der Waals surface area contributed by atoms with Gasteiger partial charge in [0.05, 0.1) is 16.4 Å². The summed E-state index contributed by atoms with van der Waals surface area (Å²) < 4.78 is 4.71. The van der Waals surface area contributed by atoms with E-state index >= 15 is 0 Å². The maximum atomic E-state index is 10.9. The molecule has 0 saturated heterocycles. The van der Waals surface area contributed by atoms with Crippen LogP contribution in [0.2, 0.25) is 0 Å². The molecule has 1 aromatic carbocycles. The lowest BCUT2D eigenvalue weighted by Crippen LogP contribution is -1.96. The van der Waals surface area contributed by atoms with Gasteiger partial charge < -0.3 is 9.52 Å². The number of fused-ring (bicyclic) bond motifs is 1. The Morgan fingerprint density at radius 1 is 1.33 bits per heavy atom. The van der Waals surface area contributed by atoms with Gasteiger partial charge in [-0.15, -0.1) is 0 Å². The number of hydrogen-bond donors (Lipinski definition) is 1. The minimum Gasteiger partial charge on any atom is -0.508 e. The highest BCUT2D eigenvalue weighted by atomic mass is 16.6. The van der Waals surface area contributed by atoms with E-state index in [1.807, 2.05) is 0 Å². The maximum absolute atomic E-state index is 10.9. The minimum atomic E-state index is -0.651. The van der Waals surface area contributed by atoms with Crippen LogP contribution in [0.15, 0.2) is 33.5 Å². The summed E-state index contributed by atoms with van der Waals surface area (Å²) in [5.74, 6) is -0.316. The van der Waals surface area contributed by atoms with Crippen LogP contribution in [0.5, 0.6) is 5.75 Å². The molecule has 0 bridgehead atoms. The fraction of sp³-hybridized carbons (Fsp3) is 0. The summed E-state index contributed by atoms with van der Waals surface area (Å²) in [5.41, 5.74) is -0.926. The molecular formula is C9H5NO5. The Kier molecular flexibility index (Phi) is 1.89. The summed E-state index contributed by atoms with van der Waals surface area (Å²) in [7, 11) is 0. The number of benzene rings is 1. The number of aromatic hydroxyl groups is 1. The number of phenols is 1. The Hall–Kier alpha value is -2.37. The zero-order valence-electron chi connectivity index (χ0n) is 7.34. The Labute approximate surface area is 82.5 Å². The number of nitro groups is 1. The van der Waals surface area contributed by atoms with E-state index in [0.717, 1.165) is 18.2 Å². The largest absolute Gasteiger partial charge is 0.508 e. The molecule has 76 valence electrons. The lowest BCUT2D eigenvalue weighted by Gasteiger charge is -1.98. The average Bonchev–Trinajstić information content (AvgIpc) is 2.15. The first-order chi connectivity index (χ1) is 7.08. The van der Waals surface area contributed by atoms with Crippen molar-refractivity contribution in [2.24, 2.45) is 0 Å². The topological polar surface area (TPSA) is 93.6 Å². The Morgan fingerprint density at radius 3 is 2.73 bits per heavy atom. The lowest BCUT2D eigenvalue weighted by molar-refractivity contribution is -0.383. The maximum Gasteiger partial charge on any atom is 0.336 e. The van der Waals surface area contributed by atoms with Gasteiger partial charge in [0.15, 0.2) is 0 Å². The summed E-state index contributed by atoms with van der Waals surface area (Å²) in [6.07, 6.45) is 0. The van der Waals surface area contributed by atoms with Gasteiger partial charge in [-0.3, -0.25) is 10.1 Å². The number of phenolic OH excluding ortho intramolecular Hbond substituents is 1.